The predicted octanol–water partition coefficient (Wildman–Crippen LogP) is 3.43. The second kappa shape index (κ2) is 10.00. The number of rotatable bonds is 10. The van der Waals surface area contributed by atoms with Gasteiger partial charge in [-0.1, -0.05) is 43.2 Å². The number of amides is 1. The normalized spacial score (nSPS) is 10.6. The molecule has 0 aliphatic carbocycles. The third-order valence-corrected chi connectivity index (χ3v) is 4.24. The van der Waals surface area contributed by atoms with E-state index in [-0.39, 0.29) is 12.5 Å². The second-order valence-corrected chi connectivity index (χ2v) is 6.41. The van der Waals surface area contributed by atoms with Crippen molar-refractivity contribution in [2.75, 3.05) is 19.0 Å². The zero-order chi connectivity index (χ0) is 17.2. The van der Waals surface area contributed by atoms with E-state index < -0.39 is 0 Å². The van der Waals surface area contributed by atoms with Crippen LogP contribution in [0.15, 0.2) is 24.3 Å². The van der Waals surface area contributed by atoms with Crippen LogP contribution in [0.3, 0.4) is 0 Å². The smallest absolute Gasteiger partial charge is 0.252 e. The standard InChI is InChI=1S/C17H23N3O3S/c1-3-4-5-9-16-19-20-17(24-16)18-15(21)12-23-11-13-7-6-8-14(10-13)22-2/h6-8,10H,3-5,9,11-12H2,1-2H3,(H,18,20,21). The predicted molar refractivity (Wildman–Crippen MR) is 94.4 cm³/mol. The summed E-state index contributed by atoms with van der Waals surface area (Å²) in [4.78, 5) is 11.9. The maximum atomic E-state index is 11.9. The summed E-state index contributed by atoms with van der Waals surface area (Å²) in [5, 5.41) is 12.3. The number of methoxy groups -OCH3 is 1. The average Bonchev–Trinajstić information content (AvgIpc) is 3.02. The lowest BCUT2D eigenvalue weighted by atomic mass is 10.2. The first-order chi connectivity index (χ1) is 11.7. The van der Waals surface area contributed by atoms with Crippen molar-refractivity contribution in [2.24, 2.45) is 0 Å². The molecule has 1 aromatic carbocycles. The monoisotopic (exact) mass is 349 g/mol. The number of hydrogen-bond donors (Lipinski definition) is 1. The third kappa shape index (κ3) is 6.25. The molecule has 2 aromatic rings. The van der Waals surface area contributed by atoms with Crippen LogP contribution in [0.4, 0.5) is 5.13 Å². The average molecular weight is 349 g/mol. The fraction of sp³-hybridized carbons (Fsp3) is 0.471. The van der Waals surface area contributed by atoms with Gasteiger partial charge < -0.3 is 9.47 Å². The van der Waals surface area contributed by atoms with E-state index in [1.54, 1.807) is 7.11 Å². The van der Waals surface area contributed by atoms with Gasteiger partial charge >= 0.3 is 0 Å². The summed E-state index contributed by atoms with van der Waals surface area (Å²) in [5.41, 5.74) is 0.955. The lowest BCUT2D eigenvalue weighted by Gasteiger charge is -2.06. The summed E-state index contributed by atoms with van der Waals surface area (Å²) < 4.78 is 10.6. The summed E-state index contributed by atoms with van der Waals surface area (Å²) in [6.07, 6.45) is 4.36. The topological polar surface area (TPSA) is 73.3 Å². The Morgan fingerprint density at radius 3 is 2.96 bits per heavy atom. The summed E-state index contributed by atoms with van der Waals surface area (Å²) in [6, 6.07) is 7.56. The minimum absolute atomic E-state index is 0.0258. The number of unbranched alkanes of at least 4 members (excludes halogenated alkanes) is 2. The van der Waals surface area contributed by atoms with Crippen LogP contribution in [0.1, 0.15) is 36.8 Å². The van der Waals surface area contributed by atoms with Crippen molar-refractivity contribution >= 4 is 22.4 Å². The van der Waals surface area contributed by atoms with Gasteiger partial charge in [0.2, 0.25) is 5.13 Å². The number of aryl methyl sites for hydroxylation is 1. The van der Waals surface area contributed by atoms with E-state index in [9.17, 15) is 4.79 Å². The largest absolute Gasteiger partial charge is 0.497 e. The molecule has 0 bridgehead atoms. The zero-order valence-corrected chi connectivity index (χ0v) is 14.9. The fourth-order valence-corrected chi connectivity index (χ4v) is 2.91. The minimum Gasteiger partial charge on any atom is -0.497 e. The van der Waals surface area contributed by atoms with Crippen molar-refractivity contribution in [2.45, 2.75) is 39.2 Å². The molecule has 1 amide bonds. The molecule has 1 N–H and O–H groups in total. The molecule has 0 aliphatic heterocycles. The molecule has 0 fully saturated rings. The number of benzene rings is 1. The van der Waals surface area contributed by atoms with Gasteiger partial charge in [0.25, 0.3) is 5.91 Å². The van der Waals surface area contributed by atoms with Gasteiger partial charge in [-0.05, 0) is 24.1 Å². The van der Waals surface area contributed by atoms with E-state index in [0.29, 0.717) is 11.7 Å². The van der Waals surface area contributed by atoms with Gasteiger partial charge in [-0.25, -0.2) is 0 Å². The Morgan fingerprint density at radius 1 is 1.29 bits per heavy atom. The molecule has 0 unspecified atom stereocenters. The quantitative estimate of drug-likeness (QED) is 0.665. The van der Waals surface area contributed by atoms with Gasteiger partial charge in [0.15, 0.2) is 0 Å². The van der Waals surface area contributed by atoms with Crippen LogP contribution in [0.2, 0.25) is 0 Å². The Hall–Kier alpha value is -1.99. The molecule has 24 heavy (non-hydrogen) atoms. The van der Waals surface area contributed by atoms with Crippen molar-refractivity contribution in [3.05, 3.63) is 34.8 Å². The SMILES string of the molecule is CCCCCc1nnc(NC(=O)COCc2cccc(OC)c2)s1. The number of carbonyl (C=O) groups excluding carboxylic acids is 1. The number of nitrogens with zero attached hydrogens (tertiary/aromatic N) is 2. The maximum Gasteiger partial charge on any atom is 0.252 e. The van der Waals surface area contributed by atoms with Crippen molar-refractivity contribution in [3.8, 4) is 5.75 Å². The number of ether oxygens (including phenoxy) is 2. The number of nitrogens with one attached hydrogen (secondary N) is 1. The zero-order valence-electron chi connectivity index (χ0n) is 14.1. The third-order valence-electron chi connectivity index (χ3n) is 3.34. The van der Waals surface area contributed by atoms with Crippen LogP contribution in [0.25, 0.3) is 0 Å². The highest BCUT2D eigenvalue weighted by atomic mass is 32.1. The molecule has 0 saturated carbocycles. The Kier molecular flexibility index (Phi) is 7.64. The summed E-state index contributed by atoms with van der Waals surface area (Å²) >= 11 is 1.42. The van der Waals surface area contributed by atoms with Crippen LogP contribution in [0.5, 0.6) is 5.75 Å². The van der Waals surface area contributed by atoms with Crippen LogP contribution in [-0.2, 0) is 22.6 Å². The Labute approximate surface area is 146 Å². The summed E-state index contributed by atoms with van der Waals surface area (Å²) in [7, 11) is 1.62. The van der Waals surface area contributed by atoms with E-state index in [4.69, 9.17) is 9.47 Å². The first-order valence-corrected chi connectivity index (χ1v) is 8.85. The summed E-state index contributed by atoms with van der Waals surface area (Å²) in [6.45, 7) is 2.49. The van der Waals surface area contributed by atoms with E-state index in [1.165, 1.54) is 24.2 Å². The minimum atomic E-state index is -0.228. The molecule has 0 aliphatic rings. The molecule has 0 saturated heterocycles. The van der Waals surface area contributed by atoms with E-state index in [2.05, 4.69) is 22.4 Å². The molecule has 0 atom stereocenters. The molecule has 0 spiro atoms. The Balaban J connectivity index is 1.71. The molecule has 130 valence electrons. The molecule has 7 heteroatoms. The maximum absolute atomic E-state index is 11.9. The molecule has 1 heterocycles. The second-order valence-electron chi connectivity index (χ2n) is 5.35. The van der Waals surface area contributed by atoms with Crippen LogP contribution in [-0.4, -0.2) is 29.8 Å². The van der Waals surface area contributed by atoms with Gasteiger partial charge in [-0.3, -0.25) is 10.1 Å². The molecule has 2 rings (SSSR count). The van der Waals surface area contributed by atoms with Gasteiger partial charge in [-0.15, -0.1) is 10.2 Å². The molecule has 6 nitrogen and oxygen atoms in total. The lowest BCUT2D eigenvalue weighted by Crippen LogP contribution is -2.18. The number of anilines is 1. The van der Waals surface area contributed by atoms with Crippen molar-refractivity contribution in [1.29, 1.82) is 0 Å². The molecular formula is C17H23N3O3S. The van der Waals surface area contributed by atoms with Gasteiger partial charge in [-0.2, -0.15) is 0 Å². The summed E-state index contributed by atoms with van der Waals surface area (Å²) in [5.74, 6) is 0.541. The van der Waals surface area contributed by atoms with Crippen LogP contribution < -0.4 is 10.1 Å². The highest BCUT2D eigenvalue weighted by Crippen LogP contribution is 2.17. The fourth-order valence-electron chi connectivity index (χ4n) is 2.11. The van der Waals surface area contributed by atoms with Crippen LogP contribution in [0, 0.1) is 0 Å². The number of hydrogen-bond acceptors (Lipinski definition) is 6. The number of aromatic nitrogens is 2. The van der Waals surface area contributed by atoms with Gasteiger partial charge in [0.05, 0.1) is 13.7 Å². The number of carbonyl (C=O) groups is 1. The molecule has 1 aromatic heterocycles. The Bertz CT molecular complexity index is 646. The first-order valence-electron chi connectivity index (χ1n) is 8.04. The first kappa shape index (κ1) is 18.4. The highest BCUT2D eigenvalue weighted by Gasteiger charge is 2.08. The van der Waals surface area contributed by atoms with Crippen molar-refractivity contribution in [1.82, 2.24) is 10.2 Å². The lowest BCUT2D eigenvalue weighted by molar-refractivity contribution is -0.121. The van der Waals surface area contributed by atoms with E-state index >= 15 is 0 Å². The van der Waals surface area contributed by atoms with Crippen molar-refractivity contribution in [3.63, 3.8) is 0 Å². The molecular weight excluding hydrogens is 326 g/mol. The van der Waals surface area contributed by atoms with E-state index in [1.807, 2.05) is 24.3 Å². The van der Waals surface area contributed by atoms with Crippen molar-refractivity contribution < 1.29 is 14.3 Å². The van der Waals surface area contributed by atoms with E-state index in [0.717, 1.165) is 29.2 Å². The Morgan fingerprint density at radius 2 is 2.17 bits per heavy atom. The highest BCUT2D eigenvalue weighted by molar-refractivity contribution is 7.15. The van der Waals surface area contributed by atoms with Crippen LogP contribution >= 0.6 is 11.3 Å². The molecule has 0 radical (unpaired) electrons. The van der Waals surface area contributed by atoms with Gasteiger partial charge in [0.1, 0.15) is 17.4 Å². The van der Waals surface area contributed by atoms with Gasteiger partial charge in [0, 0.05) is 6.42 Å².